The average Bonchev–Trinajstić information content (AvgIpc) is 2.42. The Morgan fingerprint density at radius 2 is 2.16 bits per heavy atom. The summed E-state index contributed by atoms with van der Waals surface area (Å²) in [5.41, 5.74) is 0.449. The molecule has 0 aliphatic heterocycles. The molecule has 1 aliphatic rings. The van der Waals surface area contributed by atoms with E-state index in [1.807, 2.05) is 18.2 Å². The van der Waals surface area contributed by atoms with Crippen molar-refractivity contribution in [3.05, 3.63) is 36.0 Å². The maximum atomic E-state index is 13.0. The second kappa shape index (κ2) is 4.57. The minimum Gasteiger partial charge on any atom is -0.344 e. The van der Waals surface area contributed by atoms with E-state index in [-0.39, 0.29) is 5.91 Å². The van der Waals surface area contributed by atoms with E-state index in [1.165, 1.54) is 6.20 Å². The van der Waals surface area contributed by atoms with Crippen LogP contribution in [0.25, 0.3) is 10.9 Å². The van der Waals surface area contributed by atoms with E-state index in [2.05, 4.69) is 15.5 Å². The summed E-state index contributed by atoms with van der Waals surface area (Å²) < 4.78 is 13.0. The van der Waals surface area contributed by atoms with Crippen LogP contribution in [0.3, 0.4) is 0 Å². The van der Waals surface area contributed by atoms with Crippen LogP contribution >= 0.6 is 0 Å². The van der Waals surface area contributed by atoms with Crippen LogP contribution in [0.5, 0.6) is 0 Å². The fourth-order valence-electron chi connectivity index (χ4n) is 2.39. The van der Waals surface area contributed by atoms with E-state index in [0.29, 0.717) is 23.9 Å². The third kappa shape index (κ3) is 2.05. The molecule has 3 rings (SSSR count). The molecule has 0 unspecified atom stereocenters. The number of amides is 1. The molecule has 1 N–H and O–H groups in total. The summed E-state index contributed by atoms with van der Waals surface area (Å²) in [4.78, 5) is 12.3. The Hall–Kier alpha value is -2.04. The van der Waals surface area contributed by atoms with E-state index in [0.717, 1.165) is 11.8 Å². The molecule has 0 saturated heterocycles. The third-order valence-electron chi connectivity index (χ3n) is 3.74. The minimum atomic E-state index is -0.665. The Morgan fingerprint density at radius 1 is 1.37 bits per heavy atom. The molecule has 1 aromatic carbocycles. The fourth-order valence-corrected chi connectivity index (χ4v) is 2.39. The molecule has 19 heavy (non-hydrogen) atoms. The van der Waals surface area contributed by atoms with Gasteiger partial charge in [0.15, 0.2) is 0 Å². The normalized spacial score (nSPS) is 16.9. The van der Waals surface area contributed by atoms with Crippen molar-refractivity contribution in [3.63, 3.8) is 0 Å². The van der Waals surface area contributed by atoms with Gasteiger partial charge in [0.1, 0.15) is 6.67 Å². The van der Waals surface area contributed by atoms with Gasteiger partial charge < -0.3 is 5.32 Å². The molecule has 0 spiro atoms. The SMILES string of the molecule is O=C(NC1(CF)CCC1)c1cnnc2ccccc12. The fraction of sp³-hybridized carbons (Fsp3) is 0.357. The molecule has 1 fully saturated rings. The van der Waals surface area contributed by atoms with Crippen molar-refractivity contribution in [2.24, 2.45) is 0 Å². The highest BCUT2D eigenvalue weighted by atomic mass is 19.1. The minimum absolute atomic E-state index is 0.275. The summed E-state index contributed by atoms with van der Waals surface area (Å²) in [6.07, 6.45) is 3.79. The summed E-state index contributed by atoms with van der Waals surface area (Å²) >= 11 is 0. The van der Waals surface area contributed by atoms with Crippen LogP contribution in [-0.4, -0.2) is 28.3 Å². The quantitative estimate of drug-likeness (QED) is 0.919. The topological polar surface area (TPSA) is 54.9 Å². The maximum absolute atomic E-state index is 13.0. The molecule has 1 aromatic heterocycles. The zero-order valence-electron chi connectivity index (χ0n) is 10.4. The number of nitrogens with one attached hydrogen (secondary N) is 1. The van der Waals surface area contributed by atoms with Crippen LogP contribution < -0.4 is 5.32 Å². The smallest absolute Gasteiger partial charge is 0.254 e. The van der Waals surface area contributed by atoms with Crippen molar-refractivity contribution < 1.29 is 9.18 Å². The molecule has 98 valence electrons. The summed E-state index contributed by atoms with van der Waals surface area (Å²) in [7, 11) is 0. The van der Waals surface area contributed by atoms with Crippen molar-refractivity contribution in [2.75, 3.05) is 6.67 Å². The summed E-state index contributed by atoms with van der Waals surface area (Å²) in [5.74, 6) is -0.275. The second-order valence-electron chi connectivity index (χ2n) is 5.00. The number of hydrogen-bond acceptors (Lipinski definition) is 3. The summed E-state index contributed by atoms with van der Waals surface area (Å²) in [6, 6.07) is 7.30. The molecular formula is C14H14FN3O. The molecule has 0 bridgehead atoms. The lowest BCUT2D eigenvalue weighted by Crippen LogP contribution is -2.55. The van der Waals surface area contributed by atoms with E-state index in [4.69, 9.17) is 0 Å². The molecular weight excluding hydrogens is 245 g/mol. The molecule has 1 saturated carbocycles. The number of carbonyl (C=O) groups is 1. The van der Waals surface area contributed by atoms with E-state index < -0.39 is 12.2 Å². The highest BCUT2D eigenvalue weighted by Crippen LogP contribution is 2.32. The molecule has 5 heteroatoms. The molecule has 1 amide bonds. The van der Waals surface area contributed by atoms with Crippen LogP contribution in [0.15, 0.2) is 30.5 Å². The summed E-state index contributed by atoms with van der Waals surface area (Å²) in [5, 5.41) is 11.3. The number of halogens is 1. The Balaban J connectivity index is 1.93. The number of aromatic nitrogens is 2. The van der Waals surface area contributed by atoms with Gasteiger partial charge in [0, 0.05) is 5.39 Å². The monoisotopic (exact) mass is 259 g/mol. The predicted molar refractivity (Wildman–Crippen MR) is 69.6 cm³/mol. The third-order valence-corrected chi connectivity index (χ3v) is 3.74. The van der Waals surface area contributed by atoms with Crippen LogP contribution in [0, 0.1) is 0 Å². The van der Waals surface area contributed by atoms with Crippen molar-refractivity contribution >= 4 is 16.8 Å². The van der Waals surface area contributed by atoms with Gasteiger partial charge in [-0.3, -0.25) is 4.79 Å². The summed E-state index contributed by atoms with van der Waals surface area (Å²) in [6.45, 7) is -0.519. The highest BCUT2D eigenvalue weighted by Gasteiger charge is 2.38. The Morgan fingerprint density at radius 3 is 2.84 bits per heavy atom. The average molecular weight is 259 g/mol. The van der Waals surface area contributed by atoms with Gasteiger partial charge in [0.25, 0.3) is 5.91 Å². The van der Waals surface area contributed by atoms with E-state index in [9.17, 15) is 9.18 Å². The Kier molecular flexibility index (Phi) is 2.89. The largest absolute Gasteiger partial charge is 0.344 e. The van der Waals surface area contributed by atoms with E-state index >= 15 is 0 Å². The number of alkyl halides is 1. The zero-order chi connectivity index (χ0) is 13.3. The molecule has 1 heterocycles. The Bertz CT molecular complexity index is 614. The van der Waals surface area contributed by atoms with Crippen LogP contribution in [0.1, 0.15) is 29.6 Å². The lowest BCUT2D eigenvalue weighted by Gasteiger charge is -2.40. The number of fused-ring (bicyclic) bond motifs is 1. The van der Waals surface area contributed by atoms with Gasteiger partial charge in [0.2, 0.25) is 0 Å². The van der Waals surface area contributed by atoms with Crippen molar-refractivity contribution in [2.45, 2.75) is 24.8 Å². The lowest BCUT2D eigenvalue weighted by atomic mass is 9.77. The van der Waals surface area contributed by atoms with Gasteiger partial charge in [-0.05, 0) is 25.3 Å². The molecule has 0 atom stereocenters. The van der Waals surface area contributed by atoms with Crippen LogP contribution in [-0.2, 0) is 0 Å². The number of nitrogens with zero attached hydrogens (tertiary/aromatic N) is 2. The van der Waals surface area contributed by atoms with Gasteiger partial charge in [-0.2, -0.15) is 10.2 Å². The Labute approximate surface area is 110 Å². The van der Waals surface area contributed by atoms with Gasteiger partial charge in [-0.25, -0.2) is 4.39 Å². The lowest BCUT2D eigenvalue weighted by molar-refractivity contribution is 0.0775. The number of carbonyl (C=O) groups excluding carboxylic acids is 1. The zero-order valence-corrected chi connectivity index (χ0v) is 10.4. The highest BCUT2D eigenvalue weighted by molar-refractivity contribution is 6.05. The first-order valence-corrected chi connectivity index (χ1v) is 6.33. The van der Waals surface area contributed by atoms with Crippen molar-refractivity contribution in [1.82, 2.24) is 15.5 Å². The van der Waals surface area contributed by atoms with Gasteiger partial charge in [-0.15, -0.1) is 0 Å². The first kappa shape index (κ1) is 12.0. The molecule has 0 radical (unpaired) electrons. The second-order valence-corrected chi connectivity index (χ2v) is 5.00. The van der Waals surface area contributed by atoms with Gasteiger partial charge in [0.05, 0.1) is 22.8 Å². The van der Waals surface area contributed by atoms with Crippen molar-refractivity contribution in [3.8, 4) is 0 Å². The standard InChI is InChI=1S/C14H14FN3O/c15-9-14(6-3-7-14)17-13(19)11-8-16-18-12-5-2-1-4-10(11)12/h1-2,4-5,8H,3,6-7,9H2,(H,17,19). The molecule has 4 nitrogen and oxygen atoms in total. The number of hydrogen-bond donors (Lipinski definition) is 1. The number of benzene rings is 1. The van der Waals surface area contributed by atoms with Gasteiger partial charge >= 0.3 is 0 Å². The van der Waals surface area contributed by atoms with Crippen LogP contribution in [0.2, 0.25) is 0 Å². The van der Waals surface area contributed by atoms with Gasteiger partial charge in [-0.1, -0.05) is 18.2 Å². The van der Waals surface area contributed by atoms with E-state index in [1.54, 1.807) is 6.07 Å². The first-order valence-electron chi connectivity index (χ1n) is 6.33. The maximum Gasteiger partial charge on any atom is 0.254 e. The van der Waals surface area contributed by atoms with Crippen molar-refractivity contribution in [1.29, 1.82) is 0 Å². The molecule has 1 aliphatic carbocycles. The first-order chi connectivity index (χ1) is 9.24. The molecule has 2 aromatic rings. The van der Waals surface area contributed by atoms with Crippen LogP contribution in [0.4, 0.5) is 4.39 Å². The predicted octanol–water partition coefficient (Wildman–Crippen LogP) is 2.25. The number of rotatable bonds is 3.